The van der Waals surface area contributed by atoms with Gasteiger partial charge in [-0.2, -0.15) is 0 Å². The molecule has 5 nitrogen and oxygen atoms in total. The van der Waals surface area contributed by atoms with Crippen molar-refractivity contribution >= 4 is 22.0 Å². The van der Waals surface area contributed by atoms with Crippen LogP contribution in [0.3, 0.4) is 0 Å². The van der Waals surface area contributed by atoms with Gasteiger partial charge < -0.3 is 9.87 Å². The number of hydrogen-bond donors (Lipinski definition) is 1. The van der Waals surface area contributed by atoms with Crippen LogP contribution in [0.1, 0.15) is 12.0 Å². The maximum atomic E-state index is 12.8. The Bertz CT molecular complexity index is 839. The van der Waals surface area contributed by atoms with Crippen LogP contribution in [-0.2, 0) is 25.8 Å². The zero-order valence-electron chi connectivity index (χ0n) is 13.1. The fourth-order valence-corrected chi connectivity index (χ4v) is 5.15. The van der Waals surface area contributed by atoms with Crippen LogP contribution in [0.15, 0.2) is 59.5 Å². The molecule has 0 aromatic heterocycles. The minimum atomic E-state index is -3.56. The highest BCUT2D eigenvalue weighted by molar-refractivity contribution is 7.95. The lowest BCUT2D eigenvalue weighted by Gasteiger charge is -2.33. The molecule has 2 aromatic carbocycles. The number of benzene rings is 2. The Morgan fingerprint density at radius 3 is 2.58 bits per heavy atom. The van der Waals surface area contributed by atoms with Gasteiger partial charge in [-0.1, -0.05) is 40.6 Å². The lowest BCUT2D eigenvalue weighted by atomic mass is 9.77. The number of sulfonamides is 1. The van der Waals surface area contributed by atoms with Gasteiger partial charge in [-0.15, -0.1) is 4.31 Å². The molecule has 6 heteroatoms. The molecule has 24 heavy (non-hydrogen) atoms. The SMILES string of the molecule is O=C1Nc2ccccc2CC12CCN([S+](=O)([O-])c1ccccc1)C2. The Kier molecular flexibility index (Phi) is 3.56. The maximum absolute atomic E-state index is 12.8. The Hall–Kier alpha value is -2.02. The van der Waals surface area contributed by atoms with E-state index in [1.54, 1.807) is 30.3 Å². The second kappa shape index (κ2) is 5.51. The number of fused-ring (bicyclic) bond motifs is 1. The first-order valence-electron chi connectivity index (χ1n) is 7.96. The predicted molar refractivity (Wildman–Crippen MR) is 90.9 cm³/mol. The largest absolute Gasteiger partial charge is 0.593 e. The molecule has 2 aliphatic heterocycles. The summed E-state index contributed by atoms with van der Waals surface area (Å²) in [6, 6.07) is 16.1. The van der Waals surface area contributed by atoms with E-state index in [4.69, 9.17) is 0 Å². The fourth-order valence-electron chi connectivity index (χ4n) is 3.61. The zero-order chi connectivity index (χ0) is 16.8. The van der Waals surface area contributed by atoms with Gasteiger partial charge >= 0.3 is 0 Å². The molecule has 2 unspecified atom stereocenters. The van der Waals surface area contributed by atoms with Gasteiger partial charge in [0, 0.05) is 12.2 Å². The van der Waals surface area contributed by atoms with Crippen LogP contribution in [0.25, 0.3) is 0 Å². The molecule has 1 saturated heterocycles. The highest BCUT2D eigenvalue weighted by Gasteiger charge is 2.52. The van der Waals surface area contributed by atoms with E-state index in [0.29, 0.717) is 19.4 Å². The molecular formula is C18H18N2O3S. The number of amides is 1. The Morgan fingerprint density at radius 1 is 1.08 bits per heavy atom. The van der Waals surface area contributed by atoms with E-state index in [0.717, 1.165) is 11.3 Å². The summed E-state index contributed by atoms with van der Waals surface area (Å²) >= 11 is 0. The summed E-state index contributed by atoms with van der Waals surface area (Å²) in [6.45, 7) is 0.594. The summed E-state index contributed by atoms with van der Waals surface area (Å²) in [5.74, 6) is -0.0769. The van der Waals surface area contributed by atoms with Crippen LogP contribution in [0.2, 0.25) is 0 Å². The normalized spacial score (nSPS) is 26.0. The number of rotatable bonds is 2. The second-order valence-electron chi connectivity index (χ2n) is 6.47. The van der Waals surface area contributed by atoms with Crippen molar-refractivity contribution in [1.29, 1.82) is 0 Å². The van der Waals surface area contributed by atoms with Crippen molar-refractivity contribution < 1.29 is 13.6 Å². The number of nitrogens with zero attached hydrogens (tertiary/aromatic N) is 1. The fraction of sp³-hybridized carbons (Fsp3) is 0.278. The molecule has 1 amide bonds. The number of carbonyl (C=O) groups is 1. The Morgan fingerprint density at radius 2 is 1.79 bits per heavy atom. The summed E-state index contributed by atoms with van der Waals surface area (Å²) < 4.78 is 27.1. The maximum Gasteiger partial charge on any atom is 0.232 e. The highest BCUT2D eigenvalue weighted by Crippen LogP contribution is 2.43. The van der Waals surface area contributed by atoms with Crippen LogP contribution in [0.5, 0.6) is 0 Å². The van der Waals surface area contributed by atoms with Gasteiger partial charge in [0.2, 0.25) is 5.91 Å². The van der Waals surface area contributed by atoms with Crippen LogP contribution < -0.4 is 5.32 Å². The Labute approximate surface area is 142 Å². The van der Waals surface area contributed by atoms with Crippen molar-refractivity contribution in [1.82, 2.24) is 4.31 Å². The van der Waals surface area contributed by atoms with E-state index >= 15 is 0 Å². The topological polar surface area (TPSA) is 72.5 Å². The smallest absolute Gasteiger partial charge is 0.232 e. The van der Waals surface area contributed by atoms with E-state index in [-0.39, 0.29) is 17.3 Å². The molecule has 2 heterocycles. The van der Waals surface area contributed by atoms with Crippen LogP contribution in [0, 0.1) is 5.41 Å². The van der Waals surface area contributed by atoms with Gasteiger partial charge in [0.25, 0.3) is 0 Å². The minimum absolute atomic E-state index is 0.0769. The molecule has 1 spiro atoms. The molecule has 1 N–H and O–H groups in total. The third kappa shape index (κ3) is 2.38. The van der Waals surface area contributed by atoms with Gasteiger partial charge in [0.05, 0.1) is 12.0 Å². The lowest BCUT2D eigenvalue weighted by molar-refractivity contribution is -0.125. The van der Waals surface area contributed by atoms with E-state index in [1.165, 1.54) is 4.31 Å². The number of carbonyl (C=O) groups excluding carboxylic acids is 1. The standard InChI is InChI=1S/C18H18N2O3S/c21-17-18(12-14-6-4-5-9-16(14)19-17)10-11-20(13-18)24(22,23)15-7-2-1-3-8-15/h1-9H,10-13H2,(H-,19,21,22,23). The lowest BCUT2D eigenvalue weighted by Crippen LogP contribution is -2.45. The van der Waals surface area contributed by atoms with E-state index in [2.05, 4.69) is 5.32 Å². The monoisotopic (exact) mass is 342 g/mol. The van der Waals surface area contributed by atoms with Crippen LogP contribution in [0.4, 0.5) is 5.69 Å². The third-order valence-corrected chi connectivity index (χ3v) is 6.84. The van der Waals surface area contributed by atoms with Crippen molar-refractivity contribution in [3.05, 3.63) is 60.2 Å². The van der Waals surface area contributed by atoms with Crippen molar-refractivity contribution in [2.45, 2.75) is 17.7 Å². The molecular weight excluding hydrogens is 324 g/mol. The number of nitrogens with one attached hydrogen (secondary N) is 1. The summed E-state index contributed by atoms with van der Waals surface area (Å²) in [6.07, 6.45) is 1.12. The first-order valence-corrected chi connectivity index (χ1v) is 9.40. The van der Waals surface area contributed by atoms with Crippen molar-refractivity contribution in [2.75, 3.05) is 18.4 Å². The average molecular weight is 342 g/mol. The van der Waals surface area contributed by atoms with Gasteiger partial charge in [-0.05, 0) is 36.6 Å². The first-order chi connectivity index (χ1) is 11.5. The van der Waals surface area contributed by atoms with Crippen molar-refractivity contribution in [3.8, 4) is 0 Å². The average Bonchev–Trinajstić information content (AvgIpc) is 3.03. The number of anilines is 1. The first kappa shape index (κ1) is 15.5. The predicted octanol–water partition coefficient (Wildman–Crippen LogP) is 2.48. The molecule has 0 radical (unpaired) electrons. The van der Waals surface area contributed by atoms with Crippen molar-refractivity contribution in [2.24, 2.45) is 5.41 Å². The quantitative estimate of drug-likeness (QED) is 0.852. The molecule has 1 fully saturated rings. The molecule has 0 aliphatic carbocycles. The third-order valence-electron chi connectivity index (χ3n) is 4.98. The number of hydrogen-bond acceptors (Lipinski definition) is 3. The summed E-state index contributed by atoms with van der Waals surface area (Å²) in [5.41, 5.74) is 1.23. The molecule has 4 rings (SSSR count). The zero-order valence-corrected chi connectivity index (χ0v) is 13.9. The minimum Gasteiger partial charge on any atom is -0.593 e. The van der Waals surface area contributed by atoms with Gasteiger partial charge in [0.1, 0.15) is 0 Å². The molecule has 0 bridgehead atoms. The summed E-state index contributed by atoms with van der Waals surface area (Å²) in [7, 11) is -3.56. The molecule has 2 aromatic rings. The summed E-state index contributed by atoms with van der Waals surface area (Å²) in [4.78, 5) is 12.9. The van der Waals surface area contributed by atoms with Crippen LogP contribution >= 0.6 is 0 Å². The van der Waals surface area contributed by atoms with E-state index in [9.17, 15) is 13.6 Å². The molecule has 2 aliphatic rings. The molecule has 0 saturated carbocycles. The second-order valence-corrected chi connectivity index (χ2v) is 8.41. The van der Waals surface area contributed by atoms with E-state index < -0.39 is 15.8 Å². The molecule has 2 atom stereocenters. The van der Waals surface area contributed by atoms with Gasteiger partial charge in [0.15, 0.2) is 15.3 Å². The van der Waals surface area contributed by atoms with Crippen molar-refractivity contribution in [3.63, 3.8) is 0 Å². The molecule has 124 valence electrons. The highest BCUT2D eigenvalue weighted by atomic mass is 32.3. The van der Waals surface area contributed by atoms with Gasteiger partial charge in [-0.25, -0.2) is 0 Å². The summed E-state index contributed by atoms with van der Waals surface area (Å²) in [5, 5.41) is 2.94. The Balaban J connectivity index is 1.63. The van der Waals surface area contributed by atoms with E-state index in [1.807, 2.05) is 24.3 Å². The number of para-hydroxylation sites is 1. The van der Waals surface area contributed by atoms with Crippen LogP contribution in [-0.4, -0.2) is 27.9 Å². The van der Waals surface area contributed by atoms with Gasteiger partial charge in [-0.3, -0.25) is 4.79 Å².